The SMILES string of the molecule is CN(Cc1ncc(-c2ccccc2)o1)C1=CC(=O)N(C2CCC(=O)NC2=O)C1=O. The second kappa shape index (κ2) is 7.34. The first-order valence-electron chi connectivity index (χ1n) is 9.08. The number of rotatable bonds is 5. The summed E-state index contributed by atoms with van der Waals surface area (Å²) in [5, 5.41) is 2.16. The molecular formula is C20H18N4O5. The van der Waals surface area contributed by atoms with Gasteiger partial charge in [-0.3, -0.25) is 29.4 Å². The van der Waals surface area contributed by atoms with Gasteiger partial charge in [-0.1, -0.05) is 30.3 Å². The molecule has 2 aliphatic heterocycles. The summed E-state index contributed by atoms with van der Waals surface area (Å²) >= 11 is 0. The number of carbonyl (C=O) groups excluding carboxylic acids is 4. The van der Waals surface area contributed by atoms with Crippen LogP contribution in [0.4, 0.5) is 0 Å². The summed E-state index contributed by atoms with van der Waals surface area (Å²) in [6.45, 7) is 0.168. The Morgan fingerprint density at radius 1 is 1.21 bits per heavy atom. The summed E-state index contributed by atoms with van der Waals surface area (Å²) in [5.41, 5.74) is 1.02. The van der Waals surface area contributed by atoms with Crippen molar-refractivity contribution in [3.05, 3.63) is 54.2 Å². The number of benzene rings is 1. The normalized spacial score (nSPS) is 19.4. The minimum absolute atomic E-state index is 0.0806. The summed E-state index contributed by atoms with van der Waals surface area (Å²) in [4.78, 5) is 55.2. The van der Waals surface area contributed by atoms with Gasteiger partial charge in [0.05, 0.1) is 12.7 Å². The predicted molar refractivity (Wildman–Crippen MR) is 99.5 cm³/mol. The van der Waals surface area contributed by atoms with Crippen LogP contribution in [-0.4, -0.2) is 51.5 Å². The number of carbonyl (C=O) groups is 4. The molecule has 29 heavy (non-hydrogen) atoms. The van der Waals surface area contributed by atoms with Gasteiger partial charge in [-0.25, -0.2) is 4.98 Å². The number of hydrogen-bond acceptors (Lipinski definition) is 7. The van der Waals surface area contributed by atoms with E-state index in [1.165, 1.54) is 6.08 Å². The number of amides is 4. The minimum atomic E-state index is -0.985. The minimum Gasteiger partial charge on any atom is -0.439 e. The van der Waals surface area contributed by atoms with Crippen LogP contribution in [-0.2, 0) is 25.7 Å². The maximum atomic E-state index is 12.8. The van der Waals surface area contributed by atoms with Crippen LogP contribution in [0.2, 0.25) is 0 Å². The van der Waals surface area contributed by atoms with Gasteiger partial charge in [0.1, 0.15) is 11.7 Å². The van der Waals surface area contributed by atoms with Gasteiger partial charge in [-0.2, -0.15) is 0 Å². The number of aromatic nitrogens is 1. The van der Waals surface area contributed by atoms with E-state index in [1.54, 1.807) is 18.1 Å². The van der Waals surface area contributed by atoms with E-state index >= 15 is 0 Å². The Kier molecular flexibility index (Phi) is 4.71. The van der Waals surface area contributed by atoms with Crippen molar-refractivity contribution >= 4 is 23.6 Å². The van der Waals surface area contributed by atoms with Crippen molar-refractivity contribution in [2.75, 3.05) is 7.05 Å². The number of hydrogen-bond donors (Lipinski definition) is 1. The molecule has 1 unspecified atom stereocenters. The Bertz CT molecular complexity index is 1030. The van der Waals surface area contributed by atoms with Crippen LogP contribution in [0, 0.1) is 0 Å². The van der Waals surface area contributed by atoms with E-state index in [0.717, 1.165) is 10.5 Å². The van der Waals surface area contributed by atoms with Crippen molar-refractivity contribution in [2.24, 2.45) is 0 Å². The molecule has 2 aromatic rings. The average Bonchev–Trinajstić information content (AvgIpc) is 3.28. The molecule has 0 saturated carbocycles. The first-order valence-corrected chi connectivity index (χ1v) is 9.08. The monoisotopic (exact) mass is 394 g/mol. The van der Waals surface area contributed by atoms with Crippen molar-refractivity contribution in [3.8, 4) is 11.3 Å². The Morgan fingerprint density at radius 2 is 1.97 bits per heavy atom. The highest BCUT2D eigenvalue weighted by atomic mass is 16.4. The number of nitrogens with zero attached hydrogens (tertiary/aromatic N) is 3. The average molecular weight is 394 g/mol. The zero-order valence-electron chi connectivity index (χ0n) is 15.6. The third-order valence-electron chi connectivity index (χ3n) is 4.85. The van der Waals surface area contributed by atoms with Crippen LogP contribution in [0.15, 0.2) is 52.7 Å². The lowest BCUT2D eigenvalue weighted by molar-refractivity contribution is -0.150. The Hall–Kier alpha value is -3.75. The van der Waals surface area contributed by atoms with Crippen LogP contribution in [0.3, 0.4) is 0 Å². The molecule has 9 heteroatoms. The van der Waals surface area contributed by atoms with Gasteiger partial charge in [0, 0.05) is 25.1 Å². The van der Waals surface area contributed by atoms with Crippen molar-refractivity contribution in [2.45, 2.75) is 25.4 Å². The van der Waals surface area contributed by atoms with Gasteiger partial charge in [0.25, 0.3) is 11.8 Å². The quantitative estimate of drug-likeness (QED) is 0.748. The lowest BCUT2D eigenvalue weighted by Gasteiger charge is -2.29. The largest absolute Gasteiger partial charge is 0.439 e. The fourth-order valence-electron chi connectivity index (χ4n) is 3.38. The van der Waals surface area contributed by atoms with Crippen LogP contribution >= 0.6 is 0 Å². The van der Waals surface area contributed by atoms with Gasteiger partial charge in [-0.05, 0) is 6.42 Å². The van der Waals surface area contributed by atoms with Crippen LogP contribution in [0.5, 0.6) is 0 Å². The van der Waals surface area contributed by atoms with E-state index in [1.807, 2.05) is 30.3 Å². The Morgan fingerprint density at radius 3 is 2.69 bits per heavy atom. The van der Waals surface area contributed by atoms with Gasteiger partial charge < -0.3 is 9.32 Å². The molecule has 1 fully saturated rings. The summed E-state index contributed by atoms with van der Waals surface area (Å²) in [6.07, 6.45) is 2.99. The molecule has 0 radical (unpaired) electrons. The van der Waals surface area contributed by atoms with Gasteiger partial charge >= 0.3 is 0 Å². The Balaban J connectivity index is 1.46. The van der Waals surface area contributed by atoms with Crippen molar-refractivity contribution in [3.63, 3.8) is 0 Å². The van der Waals surface area contributed by atoms with Crippen molar-refractivity contribution in [1.82, 2.24) is 20.1 Å². The van der Waals surface area contributed by atoms with Crippen molar-refractivity contribution in [1.29, 1.82) is 0 Å². The molecule has 2 aliphatic rings. The van der Waals surface area contributed by atoms with Gasteiger partial charge in [0.15, 0.2) is 5.76 Å². The first-order chi connectivity index (χ1) is 13.9. The molecule has 1 N–H and O–H groups in total. The molecule has 1 aromatic heterocycles. The molecule has 1 saturated heterocycles. The molecule has 9 nitrogen and oxygen atoms in total. The predicted octanol–water partition coefficient (Wildman–Crippen LogP) is 0.831. The molecule has 0 spiro atoms. The standard InChI is InChI=1S/C20H18N4O5/c1-23(11-17-21-10-15(29-17)12-5-3-2-4-6-12)14-9-18(26)24(20(14)28)13-7-8-16(25)22-19(13)27/h2-6,9-10,13H,7-8,11H2,1H3,(H,22,25,27). The lowest BCUT2D eigenvalue weighted by atomic mass is 10.0. The Labute approximate surface area is 166 Å². The van der Waals surface area contributed by atoms with Crippen molar-refractivity contribution < 1.29 is 23.6 Å². The van der Waals surface area contributed by atoms with Crippen LogP contribution in [0.1, 0.15) is 18.7 Å². The topological polar surface area (TPSA) is 113 Å². The number of piperidine rings is 1. The maximum absolute atomic E-state index is 12.8. The number of nitrogens with one attached hydrogen (secondary N) is 1. The van der Waals surface area contributed by atoms with Gasteiger partial charge in [0.2, 0.25) is 17.7 Å². The summed E-state index contributed by atoms with van der Waals surface area (Å²) < 4.78 is 5.74. The second-order valence-electron chi connectivity index (χ2n) is 6.85. The maximum Gasteiger partial charge on any atom is 0.277 e. The molecule has 3 heterocycles. The third kappa shape index (κ3) is 3.54. The number of imide groups is 2. The van der Waals surface area contributed by atoms with E-state index in [9.17, 15) is 19.2 Å². The third-order valence-corrected chi connectivity index (χ3v) is 4.85. The highest BCUT2D eigenvalue weighted by Crippen LogP contribution is 2.25. The second-order valence-corrected chi connectivity index (χ2v) is 6.85. The summed E-state index contributed by atoms with van der Waals surface area (Å²) in [7, 11) is 1.64. The van der Waals surface area contributed by atoms with Crippen LogP contribution < -0.4 is 5.32 Å². The zero-order chi connectivity index (χ0) is 20.5. The lowest BCUT2D eigenvalue weighted by Crippen LogP contribution is -2.54. The molecule has 0 aliphatic carbocycles. The van der Waals surface area contributed by atoms with E-state index in [4.69, 9.17) is 4.42 Å². The number of likely N-dealkylation sites (N-methyl/N-ethyl adjacent to an activating group) is 1. The molecule has 1 atom stereocenters. The fourth-order valence-corrected chi connectivity index (χ4v) is 3.38. The molecule has 1 aromatic carbocycles. The zero-order valence-corrected chi connectivity index (χ0v) is 15.6. The highest BCUT2D eigenvalue weighted by Gasteiger charge is 2.43. The molecular weight excluding hydrogens is 376 g/mol. The molecule has 4 amide bonds. The number of oxazole rings is 1. The smallest absolute Gasteiger partial charge is 0.277 e. The van der Waals surface area contributed by atoms with E-state index in [0.29, 0.717) is 11.7 Å². The van der Waals surface area contributed by atoms with E-state index in [2.05, 4.69) is 10.3 Å². The molecule has 0 bridgehead atoms. The first kappa shape index (κ1) is 18.6. The van der Waals surface area contributed by atoms with E-state index < -0.39 is 29.7 Å². The molecule has 148 valence electrons. The van der Waals surface area contributed by atoms with Gasteiger partial charge in [-0.15, -0.1) is 0 Å². The summed E-state index contributed by atoms with van der Waals surface area (Å²) in [6, 6.07) is 8.49. The van der Waals surface area contributed by atoms with E-state index in [-0.39, 0.29) is 25.1 Å². The highest BCUT2D eigenvalue weighted by molar-refractivity contribution is 6.18. The molecule has 4 rings (SSSR count). The van der Waals surface area contributed by atoms with Crippen LogP contribution in [0.25, 0.3) is 11.3 Å². The fraction of sp³-hybridized carbons (Fsp3) is 0.250. The summed E-state index contributed by atoms with van der Waals surface area (Å²) in [5.74, 6) is -1.23.